The molecule has 0 radical (unpaired) electrons. The Morgan fingerprint density at radius 3 is 2.88 bits per heavy atom. The Labute approximate surface area is 109 Å². The maximum atomic E-state index is 5.71. The van der Waals surface area contributed by atoms with Crippen LogP contribution in [0.2, 0.25) is 0 Å². The van der Waals surface area contributed by atoms with E-state index >= 15 is 0 Å². The standard InChI is InChI=1S/C11H15IN2O2/c1-2-15-9-3-4-11(13-7-9)16-10-5-8(6-10)14-12/h3-4,7-8,10,14H,2,5-6H2,1H3. The highest BCUT2D eigenvalue weighted by Crippen LogP contribution is 2.26. The molecule has 0 aromatic carbocycles. The first-order valence-corrected chi connectivity index (χ1v) is 6.51. The van der Waals surface area contributed by atoms with Crippen LogP contribution >= 0.6 is 22.9 Å². The number of pyridine rings is 1. The SMILES string of the molecule is CCOc1ccc(OC2CC(NI)C2)nc1. The maximum absolute atomic E-state index is 5.71. The van der Waals surface area contributed by atoms with Gasteiger partial charge >= 0.3 is 0 Å². The van der Waals surface area contributed by atoms with Gasteiger partial charge in [-0.2, -0.15) is 0 Å². The smallest absolute Gasteiger partial charge is 0.213 e. The second-order valence-corrected chi connectivity index (χ2v) is 4.41. The largest absolute Gasteiger partial charge is 0.492 e. The molecule has 0 aliphatic heterocycles. The summed E-state index contributed by atoms with van der Waals surface area (Å²) in [6.45, 7) is 2.61. The first kappa shape index (κ1) is 11.9. The average molecular weight is 334 g/mol. The summed E-state index contributed by atoms with van der Waals surface area (Å²) in [4.78, 5) is 4.20. The fourth-order valence-electron chi connectivity index (χ4n) is 1.61. The van der Waals surface area contributed by atoms with Crippen molar-refractivity contribution in [2.24, 2.45) is 0 Å². The molecule has 0 amide bonds. The Hall–Kier alpha value is -0.560. The molecule has 1 aliphatic rings. The first-order chi connectivity index (χ1) is 7.81. The van der Waals surface area contributed by atoms with Crippen LogP contribution in [0.5, 0.6) is 11.6 Å². The van der Waals surface area contributed by atoms with E-state index in [-0.39, 0.29) is 0 Å². The van der Waals surface area contributed by atoms with E-state index in [1.165, 1.54) is 0 Å². The number of halogens is 1. The molecule has 16 heavy (non-hydrogen) atoms. The monoisotopic (exact) mass is 334 g/mol. The summed E-state index contributed by atoms with van der Waals surface area (Å²) in [6.07, 6.45) is 4.11. The molecule has 0 unspecified atom stereocenters. The zero-order valence-corrected chi connectivity index (χ0v) is 11.3. The van der Waals surface area contributed by atoms with Gasteiger partial charge in [-0.05, 0) is 13.0 Å². The van der Waals surface area contributed by atoms with Gasteiger partial charge in [0.2, 0.25) is 5.88 Å². The van der Waals surface area contributed by atoms with Crippen LogP contribution in [-0.4, -0.2) is 23.7 Å². The molecular weight excluding hydrogens is 319 g/mol. The quantitative estimate of drug-likeness (QED) is 0.663. The lowest BCUT2D eigenvalue weighted by atomic mass is 9.90. The number of nitrogens with one attached hydrogen (secondary N) is 1. The number of ether oxygens (including phenoxy) is 2. The van der Waals surface area contributed by atoms with Crippen LogP contribution < -0.4 is 13.0 Å². The Morgan fingerprint density at radius 1 is 1.50 bits per heavy atom. The van der Waals surface area contributed by atoms with Crippen LogP contribution in [0.3, 0.4) is 0 Å². The van der Waals surface area contributed by atoms with E-state index in [4.69, 9.17) is 9.47 Å². The molecule has 0 bridgehead atoms. The molecule has 1 aliphatic carbocycles. The Morgan fingerprint density at radius 2 is 2.31 bits per heavy atom. The van der Waals surface area contributed by atoms with Crippen molar-refractivity contribution in [1.82, 2.24) is 8.51 Å². The van der Waals surface area contributed by atoms with Crippen LogP contribution in [0.4, 0.5) is 0 Å². The fraction of sp³-hybridized carbons (Fsp3) is 0.545. The highest BCUT2D eigenvalue weighted by molar-refractivity contribution is 14.1. The van der Waals surface area contributed by atoms with Crippen LogP contribution in [0, 0.1) is 0 Å². The number of hydrogen-bond donors (Lipinski definition) is 1. The van der Waals surface area contributed by atoms with Gasteiger partial charge in [0.25, 0.3) is 0 Å². The third-order valence-corrected chi connectivity index (χ3v) is 3.44. The molecule has 0 saturated heterocycles. The zero-order chi connectivity index (χ0) is 11.4. The minimum Gasteiger partial charge on any atom is -0.492 e. The van der Waals surface area contributed by atoms with Crippen LogP contribution in [0.25, 0.3) is 0 Å². The molecule has 4 nitrogen and oxygen atoms in total. The van der Waals surface area contributed by atoms with Gasteiger partial charge in [-0.3, -0.25) is 3.53 Å². The van der Waals surface area contributed by atoms with E-state index < -0.39 is 0 Å². The number of aromatic nitrogens is 1. The van der Waals surface area contributed by atoms with Gasteiger partial charge in [-0.15, -0.1) is 0 Å². The van der Waals surface area contributed by atoms with Gasteiger partial charge in [0.1, 0.15) is 11.9 Å². The lowest BCUT2D eigenvalue weighted by molar-refractivity contribution is 0.0923. The lowest BCUT2D eigenvalue weighted by Gasteiger charge is -2.33. The van der Waals surface area contributed by atoms with Crippen LogP contribution in [0.1, 0.15) is 19.8 Å². The topological polar surface area (TPSA) is 43.4 Å². The van der Waals surface area contributed by atoms with E-state index in [0.717, 1.165) is 18.6 Å². The van der Waals surface area contributed by atoms with Gasteiger partial charge in [0.05, 0.1) is 12.8 Å². The van der Waals surface area contributed by atoms with Gasteiger partial charge in [0.15, 0.2) is 0 Å². The average Bonchev–Trinajstić information content (AvgIpc) is 2.25. The van der Waals surface area contributed by atoms with Crippen molar-refractivity contribution >= 4 is 22.9 Å². The number of hydrogen-bond acceptors (Lipinski definition) is 4. The van der Waals surface area contributed by atoms with Crippen molar-refractivity contribution in [1.29, 1.82) is 0 Å². The van der Waals surface area contributed by atoms with Crippen molar-refractivity contribution in [3.8, 4) is 11.6 Å². The molecule has 1 N–H and O–H groups in total. The minimum absolute atomic E-state index is 0.303. The van der Waals surface area contributed by atoms with E-state index in [1.807, 2.05) is 19.1 Å². The van der Waals surface area contributed by atoms with Gasteiger partial charge in [-0.1, -0.05) is 0 Å². The molecule has 1 heterocycles. The van der Waals surface area contributed by atoms with E-state index in [0.29, 0.717) is 24.6 Å². The maximum Gasteiger partial charge on any atom is 0.213 e. The molecule has 5 heteroatoms. The molecule has 1 aromatic rings. The summed E-state index contributed by atoms with van der Waals surface area (Å²) in [5.41, 5.74) is 0. The summed E-state index contributed by atoms with van der Waals surface area (Å²) < 4.78 is 14.2. The second kappa shape index (κ2) is 5.67. The number of rotatable bonds is 5. The Kier molecular flexibility index (Phi) is 4.22. The molecule has 0 spiro atoms. The second-order valence-electron chi connectivity index (χ2n) is 3.78. The predicted molar refractivity (Wildman–Crippen MR) is 70.0 cm³/mol. The fourth-order valence-corrected chi connectivity index (χ4v) is 2.12. The third-order valence-electron chi connectivity index (χ3n) is 2.56. The molecule has 2 rings (SSSR count). The van der Waals surface area contributed by atoms with E-state index in [2.05, 4.69) is 31.4 Å². The highest BCUT2D eigenvalue weighted by Gasteiger charge is 2.30. The first-order valence-electron chi connectivity index (χ1n) is 5.43. The molecule has 1 fully saturated rings. The number of nitrogens with zero attached hydrogens (tertiary/aromatic N) is 1. The molecule has 1 saturated carbocycles. The van der Waals surface area contributed by atoms with Gasteiger partial charge in [-0.25, -0.2) is 4.98 Å². The van der Waals surface area contributed by atoms with Gasteiger partial charge < -0.3 is 9.47 Å². The summed E-state index contributed by atoms with van der Waals surface area (Å²) in [5.74, 6) is 1.47. The Balaban J connectivity index is 1.82. The van der Waals surface area contributed by atoms with E-state index in [1.54, 1.807) is 6.20 Å². The lowest BCUT2D eigenvalue weighted by Crippen LogP contribution is -2.43. The summed E-state index contributed by atoms with van der Waals surface area (Å²) >= 11 is 2.18. The van der Waals surface area contributed by atoms with Crippen molar-refractivity contribution < 1.29 is 9.47 Å². The van der Waals surface area contributed by atoms with Gasteiger partial charge in [0, 0.05) is 47.8 Å². The summed E-state index contributed by atoms with van der Waals surface area (Å²) in [5, 5.41) is 0. The zero-order valence-electron chi connectivity index (χ0n) is 9.15. The molecule has 88 valence electrons. The summed E-state index contributed by atoms with van der Waals surface area (Å²) in [6, 6.07) is 4.34. The van der Waals surface area contributed by atoms with Crippen LogP contribution in [0.15, 0.2) is 18.3 Å². The van der Waals surface area contributed by atoms with Crippen molar-refractivity contribution in [2.45, 2.75) is 31.9 Å². The summed E-state index contributed by atoms with van der Waals surface area (Å²) in [7, 11) is 0. The minimum atomic E-state index is 0.303. The Bertz CT molecular complexity index is 325. The molecule has 0 atom stereocenters. The normalized spacial score (nSPS) is 23.6. The van der Waals surface area contributed by atoms with Crippen molar-refractivity contribution in [3.05, 3.63) is 18.3 Å². The van der Waals surface area contributed by atoms with Crippen molar-refractivity contribution in [3.63, 3.8) is 0 Å². The predicted octanol–water partition coefficient (Wildman–Crippen LogP) is 2.33. The molecular formula is C11H15IN2O2. The molecule has 1 aromatic heterocycles. The van der Waals surface area contributed by atoms with Crippen molar-refractivity contribution in [2.75, 3.05) is 6.61 Å². The highest BCUT2D eigenvalue weighted by atomic mass is 127. The van der Waals surface area contributed by atoms with Crippen LogP contribution in [-0.2, 0) is 0 Å². The van der Waals surface area contributed by atoms with E-state index in [9.17, 15) is 0 Å². The third kappa shape index (κ3) is 2.98.